The monoisotopic (exact) mass is 262 g/mol. The van der Waals surface area contributed by atoms with Gasteiger partial charge in [0.2, 0.25) is 0 Å². The van der Waals surface area contributed by atoms with E-state index in [1.54, 1.807) is 23.9 Å². The van der Waals surface area contributed by atoms with E-state index in [1.807, 2.05) is 0 Å². The molecule has 1 unspecified atom stereocenters. The molecule has 1 aromatic rings. The molecule has 0 heterocycles. The van der Waals surface area contributed by atoms with Gasteiger partial charge in [-0.05, 0) is 24.3 Å². The second-order valence-electron chi connectivity index (χ2n) is 3.43. The summed E-state index contributed by atoms with van der Waals surface area (Å²) in [7, 11) is 0. The first-order valence-corrected chi connectivity index (χ1v) is 6.69. The van der Waals surface area contributed by atoms with Crippen LogP contribution in [-0.4, -0.2) is 17.5 Å². The highest BCUT2D eigenvalue weighted by atomic mass is 35.5. The molecule has 0 aliphatic carbocycles. The van der Waals surface area contributed by atoms with Gasteiger partial charge in [0.1, 0.15) is 5.82 Å². The Balaban J connectivity index is 2.69. The van der Waals surface area contributed by atoms with E-state index < -0.39 is 0 Å². The predicted octanol–water partition coefficient (Wildman–Crippen LogP) is 2.61. The second kappa shape index (κ2) is 7.12. The van der Waals surface area contributed by atoms with Crippen LogP contribution in [0.4, 0.5) is 4.39 Å². The van der Waals surface area contributed by atoms with Crippen LogP contribution in [-0.2, 0) is 6.42 Å². The molecule has 2 nitrogen and oxygen atoms in total. The maximum absolute atomic E-state index is 13.5. The van der Waals surface area contributed by atoms with Crippen molar-refractivity contribution in [1.82, 2.24) is 5.43 Å². The third-order valence-corrected chi connectivity index (χ3v) is 3.67. The fourth-order valence-corrected chi connectivity index (χ4v) is 2.37. The standard InChI is InChI=1S/C11H16ClFN2S/c1-2-16-7-8(15-14)6-9-10(12)4-3-5-11(9)13/h3-5,8,15H,2,6-7,14H2,1H3. The Bertz CT molecular complexity index is 316. The molecule has 1 atom stereocenters. The normalized spacial score (nSPS) is 12.8. The fraction of sp³-hybridized carbons (Fsp3) is 0.455. The Morgan fingerprint density at radius 3 is 2.88 bits per heavy atom. The molecule has 1 rings (SSSR count). The molecule has 0 aliphatic heterocycles. The summed E-state index contributed by atoms with van der Waals surface area (Å²) in [6.45, 7) is 2.08. The highest BCUT2D eigenvalue weighted by Gasteiger charge is 2.13. The molecule has 1 aromatic carbocycles. The average Bonchev–Trinajstić information content (AvgIpc) is 2.28. The van der Waals surface area contributed by atoms with Crippen LogP contribution in [0.3, 0.4) is 0 Å². The molecule has 0 saturated carbocycles. The van der Waals surface area contributed by atoms with Gasteiger partial charge in [0.25, 0.3) is 0 Å². The van der Waals surface area contributed by atoms with Crippen LogP contribution in [0.5, 0.6) is 0 Å². The Morgan fingerprint density at radius 1 is 1.56 bits per heavy atom. The van der Waals surface area contributed by atoms with Gasteiger partial charge in [0.05, 0.1) is 0 Å². The summed E-state index contributed by atoms with van der Waals surface area (Å²) in [6.07, 6.45) is 0.509. The minimum absolute atomic E-state index is 0.0411. The van der Waals surface area contributed by atoms with E-state index in [2.05, 4.69) is 12.3 Å². The van der Waals surface area contributed by atoms with E-state index in [4.69, 9.17) is 17.4 Å². The molecule has 90 valence electrons. The molecule has 0 saturated heterocycles. The third-order valence-electron chi connectivity index (χ3n) is 2.27. The van der Waals surface area contributed by atoms with Crippen LogP contribution in [0.2, 0.25) is 5.02 Å². The highest BCUT2D eigenvalue weighted by molar-refractivity contribution is 7.99. The topological polar surface area (TPSA) is 38.0 Å². The first kappa shape index (κ1) is 13.8. The van der Waals surface area contributed by atoms with Crippen molar-refractivity contribution < 1.29 is 4.39 Å². The van der Waals surface area contributed by atoms with Crippen molar-refractivity contribution in [2.75, 3.05) is 11.5 Å². The highest BCUT2D eigenvalue weighted by Crippen LogP contribution is 2.21. The van der Waals surface area contributed by atoms with Crippen molar-refractivity contribution in [3.05, 3.63) is 34.6 Å². The summed E-state index contributed by atoms with van der Waals surface area (Å²) >= 11 is 7.71. The Kier molecular flexibility index (Phi) is 6.13. The molecular formula is C11H16ClFN2S. The first-order chi connectivity index (χ1) is 7.69. The van der Waals surface area contributed by atoms with Crippen molar-refractivity contribution in [2.45, 2.75) is 19.4 Å². The maximum Gasteiger partial charge on any atom is 0.127 e. The maximum atomic E-state index is 13.5. The molecule has 0 fully saturated rings. The molecule has 3 N–H and O–H groups in total. The van der Waals surface area contributed by atoms with Gasteiger partial charge in [-0.25, -0.2) is 4.39 Å². The lowest BCUT2D eigenvalue weighted by Crippen LogP contribution is -2.39. The lowest BCUT2D eigenvalue weighted by atomic mass is 10.1. The lowest BCUT2D eigenvalue weighted by molar-refractivity contribution is 0.547. The second-order valence-corrected chi connectivity index (χ2v) is 5.15. The summed E-state index contributed by atoms with van der Waals surface area (Å²) in [6, 6.07) is 4.76. The van der Waals surface area contributed by atoms with E-state index >= 15 is 0 Å². The number of nitrogens with one attached hydrogen (secondary N) is 1. The zero-order chi connectivity index (χ0) is 12.0. The molecule has 0 spiro atoms. The molecule has 16 heavy (non-hydrogen) atoms. The molecule has 0 radical (unpaired) electrons. The van der Waals surface area contributed by atoms with Crippen molar-refractivity contribution in [3.8, 4) is 0 Å². The first-order valence-electron chi connectivity index (χ1n) is 5.15. The van der Waals surface area contributed by atoms with E-state index in [0.717, 1.165) is 11.5 Å². The molecule has 0 aromatic heterocycles. The zero-order valence-corrected chi connectivity index (χ0v) is 10.7. The third kappa shape index (κ3) is 3.94. The van der Waals surface area contributed by atoms with Gasteiger partial charge in [-0.15, -0.1) is 0 Å². The summed E-state index contributed by atoms with van der Waals surface area (Å²) in [5.74, 6) is 7.03. The zero-order valence-electron chi connectivity index (χ0n) is 9.17. The van der Waals surface area contributed by atoms with Gasteiger partial charge in [-0.3, -0.25) is 11.3 Å². The Hall–Kier alpha value is -0.290. The number of thioether (sulfide) groups is 1. The van der Waals surface area contributed by atoms with Gasteiger partial charge < -0.3 is 0 Å². The Labute approximate surface area is 105 Å². The molecular weight excluding hydrogens is 247 g/mol. The summed E-state index contributed by atoms with van der Waals surface area (Å²) in [5.41, 5.74) is 3.22. The van der Waals surface area contributed by atoms with Crippen molar-refractivity contribution in [3.63, 3.8) is 0 Å². The number of hydrogen-bond donors (Lipinski definition) is 2. The Morgan fingerprint density at radius 2 is 2.31 bits per heavy atom. The van der Waals surface area contributed by atoms with Gasteiger partial charge >= 0.3 is 0 Å². The largest absolute Gasteiger partial charge is 0.271 e. The molecule has 5 heteroatoms. The van der Waals surface area contributed by atoms with Crippen molar-refractivity contribution in [1.29, 1.82) is 0 Å². The van der Waals surface area contributed by atoms with Crippen LogP contribution < -0.4 is 11.3 Å². The van der Waals surface area contributed by atoms with E-state index in [0.29, 0.717) is 17.0 Å². The fourth-order valence-electron chi connectivity index (χ4n) is 1.40. The molecule has 0 amide bonds. The van der Waals surface area contributed by atoms with Crippen LogP contribution in [0.15, 0.2) is 18.2 Å². The minimum atomic E-state index is -0.269. The van der Waals surface area contributed by atoms with Crippen molar-refractivity contribution in [2.24, 2.45) is 5.84 Å². The smallest absolute Gasteiger partial charge is 0.127 e. The average molecular weight is 263 g/mol. The summed E-state index contributed by atoms with van der Waals surface area (Å²) in [4.78, 5) is 0. The van der Waals surface area contributed by atoms with E-state index in [1.165, 1.54) is 6.07 Å². The van der Waals surface area contributed by atoms with Crippen LogP contribution in [0.25, 0.3) is 0 Å². The predicted molar refractivity (Wildman–Crippen MR) is 69.2 cm³/mol. The number of nitrogens with two attached hydrogens (primary N) is 1. The van der Waals surface area contributed by atoms with Gasteiger partial charge in [0.15, 0.2) is 0 Å². The lowest BCUT2D eigenvalue weighted by Gasteiger charge is -2.16. The summed E-state index contributed by atoms with van der Waals surface area (Å²) < 4.78 is 13.5. The van der Waals surface area contributed by atoms with Crippen LogP contribution in [0.1, 0.15) is 12.5 Å². The van der Waals surface area contributed by atoms with E-state index in [9.17, 15) is 4.39 Å². The van der Waals surface area contributed by atoms with Gasteiger partial charge in [-0.1, -0.05) is 24.6 Å². The number of benzene rings is 1. The molecule has 0 aliphatic rings. The van der Waals surface area contributed by atoms with E-state index in [-0.39, 0.29) is 11.9 Å². The number of rotatable bonds is 6. The van der Waals surface area contributed by atoms with Crippen molar-refractivity contribution >= 4 is 23.4 Å². The van der Waals surface area contributed by atoms with Gasteiger partial charge in [-0.2, -0.15) is 11.8 Å². The molecule has 0 bridgehead atoms. The van der Waals surface area contributed by atoms with Gasteiger partial charge in [0, 0.05) is 22.4 Å². The van der Waals surface area contributed by atoms with Crippen LogP contribution in [0, 0.1) is 5.82 Å². The summed E-state index contributed by atoms with van der Waals surface area (Å²) in [5, 5.41) is 0.460. The van der Waals surface area contributed by atoms with Crippen LogP contribution >= 0.6 is 23.4 Å². The minimum Gasteiger partial charge on any atom is -0.271 e. The SMILES string of the molecule is CCSCC(Cc1c(F)cccc1Cl)NN. The number of hydrazine groups is 1. The number of halogens is 2. The number of hydrogen-bond acceptors (Lipinski definition) is 3. The quantitative estimate of drug-likeness (QED) is 0.611.